The van der Waals surface area contributed by atoms with Crippen molar-refractivity contribution in [3.05, 3.63) is 70.5 Å². The van der Waals surface area contributed by atoms with E-state index < -0.39 is 53.3 Å². The summed E-state index contributed by atoms with van der Waals surface area (Å²) in [6, 6.07) is 5.76. The van der Waals surface area contributed by atoms with Gasteiger partial charge in [-0.3, -0.25) is 4.79 Å². The average molecular weight is 506 g/mol. The first kappa shape index (κ1) is 26.9. The summed E-state index contributed by atoms with van der Waals surface area (Å²) in [6.45, 7) is 2.80. The number of benzene rings is 2. The van der Waals surface area contributed by atoms with Crippen LogP contribution in [0.2, 0.25) is 0 Å². The molecule has 4 nitrogen and oxygen atoms in total. The Labute approximate surface area is 198 Å². The van der Waals surface area contributed by atoms with Gasteiger partial charge in [-0.1, -0.05) is 12.1 Å². The molecular weight excluding hydrogens is 481 g/mol. The first-order valence-electron chi connectivity index (χ1n) is 10.9. The van der Waals surface area contributed by atoms with E-state index in [1.165, 1.54) is 38.2 Å². The largest absolute Gasteiger partial charge is 0.416 e. The number of halogens is 7. The van der Waals surface area contributed by atoms with Crippen molar-refractivity contribution >= 4 is 5.91 Å². The number of nitrogens with one attached hydrogen (secondary N) is 1. The van der Waals surface area contributed by atoms with Crippen LogP contribution in [0.3, 0.4) is 0 Å². The van der Waals surface area contributed by atoms with Crippen LogP contribution in [0.15, 0.2) is 42.5 Å². The van der Waals surface area contributed by atoms with Crippen molar-refractivity contribution in [2.75, 3.05) is 26.7 Å². The van der Waals surface area contributed by atoms with Crippen LogP contribution in [0.5, 0.6) is 0 Å². The molecule has 35 heavy (non-hydrogen) atoms. The molecule has 0 aliphatic carbocycles. The molecule has 1 N–H and O–H groups in total. The van der Waals surface area contributed by atoms with Crippen LogP contribution in [0.4, 0.5) is 30.7 Å². The summed E-state index contributed by atoms with van der Waals surface area (Å²) in [5, 5.41) is 3.15. The Bertz CT molecular complexity index is 984. The molecular formula is C24H25F7N2O2. The second-order valence-corrected chi connectivity index (χ2v) is 8.50. The first-order chi connectivity index (χ1) is 16.3. The molecule has 0 radical (unpaired) electrons. The molecule has 0 saturated carbocycles. The summed E-state index contributed by atoms with van der Waals surface area (Å²) in [5.41, 5.74) is -2.55. The highest BCUT2D eigenvalue weighted by molar-refractivity contribution is 5.77. The van der Waals surface area contributed by atoms with Crippen molar-refractivity contribution in [2.45, 2.75) is 43.8 Å². The van der Waals surface area contributed by atoms with Crippen molar-refractivity contribution in [2.24, 2.45) is 0 Å². The van der Waals surface area contributed by atoms with Crippen LogP contribution in [0.1, 0.15) is 47.6 Å². The Kier molecular flexibility index (Phi) is 8.10. The number of nitrogens with zero attached hydrogens (tertiary/aromatic N) is 1. The molecule has 1 saturated heterocycles. The maximum Gasteiger partial charge on any atom is 0.416 e. The number of hydrogen-bond acceptors (Lipinski definition) is 3. The monoisotopic (exact) mass is 506 g/mol. The second-order valence-electron chi connectivity index (χ2n) is 8.50. The van der Waals surface area contributed by atoms with Crippen LogP contribution in [0.25, 0.3) is 0 Å². The number of alkyl halides is 6. The lowest BCUT2D eigenvalue weighted by Crippen LogP contribution is -2.43. The lowest BCUT2D eigenvalue weighted by molar-refractivity contribution is -0.143. The molecule has 2 aromatic rings. The number of hydrogen-bond donors (Lipinski definition) is 1. The molecule has 0 spiro atoms. The minimum atomic E-state index is -4.99. The fraction of sp³-hybridized carbons (Fsp3) is 0.458. The maximum absolute atomic E-state index is 13.4. The zero-order valence-corrected chi connectivity index (χ0v) is 19.0. The molecule has 11 heteroatoms. The van der Waals surface area contributed by atoms with E-state index in [-0.39, 0.29) is 18.1 Å². The van der Waals surface area contributed by atoms with E-state index in [0.717, 1.165) is 4.90 Å². The van der Waals surface area contributed by atoms with Crippen molar-refractivity contribution < 1.29 is 40.3 Å². The Morgan fingerprint density at radius 1 is 1.03 bits per heavy atom. The molecule has 1 aliphatic heterocycles. The molecule has 3 atom stereocenters. The number of morpholine rings is 1. The fourth-order valence-electron chi connectivity index (χ4n) is 4.01. The van der Waals surface area contributed by atoms with E-state index in [1.54, 1.807) is 0 Å². The smallest absolute Gasteiger partial charge is 0.375 e. The highest BCUT2D eigenvalue weighted by atomic mass is 19.4. The Balaban J connectivity index is 1.87. The van der Waals surface area contributed by atoms with Gasteiger partial charge < -0.3 is 15.0 Å². The molecule has 192 valence electrons. The van der Waals surface area contributed by atoms with E-state index in [2.05, 4.69) is 5.32 Å². The number of carbonyl (C=O) groups is 1. The molecule has 1 amide bonds. The number of amides is 1. The normalized spacial score (nSPS) is 18.7. The number of carbonyl (C=O) groups excluding carboxylic acids is 1. The van der Waals surface area contributed by atoms with Crippen molar-refractivity contribution in [3.63, 3.8) is 0 Å². The molecule has 0 aromatic heterocycles. The zero-order chi connectivity index (χ0) is 26.0. The minimum absolute atomic E-state index is 0.0516. The van der Waals surface area contributed by atoms with Gasteiger partial charge in [0, 0.05) is 32.5 Å². The quantitative estimate of drug-likeness (QED) is 0.523. The van der Waals surface area contributed by atoms with Gasteiger partial charge in [0.1, 0.15) is 5.82 Å². The van der Waals surface area contributed by atoms with Crippen LogP contribution in [-0.2, 0) is 21.9 Å². The molecule has 1 aliphatic rings. The van der Waals surface area contributed by atoms with Gasteiger partial charge in [-0.2, -0.15) is 26.3 Å². The van der Waals surface area contributed by atoms with Gasteiger partial charge in [-0.15, -0.1) is 0 Å². The lowest BCUT2D eigenvalue weighted by atomic mass is 9.88. The van der Waals surface area contributed by atoms with E-state index in [0.29, 0.717) is 37.4 Å². The second kappa shape index (κ2) is 10.5. The van der Waals surface area contributed by atoms with Crippen LogP contribution >= 0.6 is 0 Å². The summed E-state index contributed by atoms with van der Waals surface area (Å²) < 4.78 is 98.8. The minimum Gasteiger partial charge on any atom is -0.375 e. The van der Waals surface area contributed by atoms with Gasteiger partial charge in [0.15, 0.2) is 0 Å². The summed E-state index contributed by atoms with van der Waals surface area (Å²) >= 11 is 0. The Morgan fingerprint density at radius 3 is 2.09 bits per heavy atom. The van der Waals surface area contributed by atoms with Crippen LogP contribution in [0, 0.1) is 5.82 Å². The van der Waals surface area contributed by atoms with E-state index in [1.807, 2.05) is 0 Å². The SMILES string of the molecule is C[C@H](c1cc(C(F)(F)F)cc(C(F)(F)F)c1)N(C)C(=O)CC(c1ccc(F)cc1)C1CNCCO1. The summed E-state index contributed by atoms with van der Waals surface area (Å²) in [4.78, 5) is 14.3. The average Bonchev–Trinajstić information content (AvgIpc) is 2.81. The predicted octanol–water partition coefficient (Wildman–Crippen LogP) is 5.55. The zero-order valence-electron chi connectivity index (χ0n) is 19.0. The van der Waals surface area contributed by atoms with E-state index in [4.69, 9.17) is 4.74 Å². The molecule has 1 fully saturated rings. The van der Waals surface area contributed by atoms with Crippen molar-refractivity contribution in [1.82, 2.24) is 10.2 Å². The van der Waals surface area contributed by atoms with Crippen LogP contribution < -0.4 is 5.32 Å². The molecule has 3 rings (SSSR count). The first-order valence-corrected chi connectivity index (χ1v) is 10.9. The predicted molar refractivity (Wildman–Crippen MR) is 114 cm³/mol. The third-order valence-electron chi connectivity index (χ3n) is 6.16. The standard InChI is InChI=1S/C24H25F7N2O2/c1-14(16-9-17(23(26,27)28)11-18(10-16)24(29,30)31)33(2)22(34)12-20(21-13-32-7-8-35-21)15-3-5-19(25)6-4-15/h3-6,9-11,14,20-21,32H,7-8,12-13H2,1-2H3/t14-,20?,21?/m1/s1. The van der Waals surface area contributed by atoms with Crippen LogP contribution in [-0.4, -0.2) is 43.7 Å². The molecule has 2 unspecified atom stereocenters. The summed E-state index contributed by atoms with van der Waals surface area (Å²) in [5.74, 6) is -1.47. The Morgan fingerprint density at radius 2 is 1.60 bits per heavy atom. The van der Waals surface area contributed by atoms with E-state index >= 15 is 0 Å². The number of rotatable bonds is 6. The van der Waals surface area contributed by atoms with Gasteiger partial charge in [-0.25, -0.2) is 4.39 Å². The molecule has 2 aromatic carbocycles. The Hall–Kier alpha value is -2.66. The number of ether oxygens (including phenoxy) is 1. The highest BCUT2D eigenvalue weighted by Gasteiger charge is 2.38. The molecule has 0 bridgehead atoms. The lowest BCUT2D eigenvalue weighted by Gasteiger charge is -2.33. The third-order valence-corrected chi connectivity index (χ3v) is 6.16. The fourth-order valence-corrected chi connectivity index (χ4v) is 4.01. The van der Waals surface area contributed by atoms with Crippen molar-refractivity contribution in [3.8, 4) is 0 Å². The highest BCUT2D eigenvalue weighted by Crippen LogP contribution is 2.38. The summed E-state index contributed by atoms with van der Waals surface area (Å²) in [7, 11) is 1.32. The summed E-state index contributed by atoms with van der Waals surface area (Å²) in [6.07, 6.45) is -10.5. The topological polar surface area (TPSA) is 41.6 Å². The van der Waals surface area contributed by atoms with Gasteiger partial charge in [0.2, 0.25) is 5.91 Å². The van der Waals surface area contributed by atoms with Gasteiger partial charge in [-0.05, 0) is 48.4 Å². The van der Waals surface area contributed by atoms with Gasteiger partial charge >= 0.3 is 12.4 Å². The van der Waals surface area contributed by atoms with E-state index in [9.17, 15) is 35.5 Å². The van der Waals surface area contributed by atoms with Gasteiger partial charge in [0.05, 0.1) is 29.9 Å². The van der Waals surface area contributed by atoms with Crippen molar-refractivity contribution in [1.29, 1.82) is 0 Å². The van der Waals surface area contributed by atoms with Gasteiger partial charge in [0.25, 0.3) is 0 Å². The third kappa shape index (κ3) is 6.72. The molecule has 1 heterocycles. The maximum atomic E-state index is 13.4.